The van der Waals surface area contributed by atoms with Crippen LogP contribution in [-0.4, -0.2) is 50.9 Å². The number of phenols is 3. The summed E-state index contributed by atoms with van der Waals surface area (Å²) in [5.41, 5.74) is -0.0981. The number of aryl methyl sites for hydroxylation is 1. The molecule has 4 N–H and O–H groups in total. The minimum atomic E-state index is -1.11. The van der Waals surface area contributed by atoms with Crippen molar-refractivity contribution in [1.82, 2.24) is 0 Å². The Bertz CT molecular complexity index is 1820. The van der Waals surface area contributed by atoms with Crippen LogP contribution < -0.4 is 9.47 Å². The second-order valence-electron chi connectivity index (χ2n) is 9.49. The van der Waals surface area contributed by atoms with Gasteiger partial charge in [0.15, 0.2) is 0 Å². The van der Waals surface area contributed by atoms with Gasteiger partial charge < -0.3 is 34.6 Å². The smallest absolute Gasteiger partial charge is 0.409 e. The number of benzene rings is 5. The van der Waals surface area contributed by atoms with Gasteiger partial charge in [-0.05, 0) is 67.9 Å². The fraction of sp³-hybridized carbons (Fsp3) is 0.0811. The van der Waals surface area contributed by atoms with Crippen LogP contribution in [0.15, 0.2) is 115 Å². The normalized spacial score (nSPS) is 9.47. The summed E-state index contributed by atoms with van der Waals surface area (Å²) in [6.07, 6.45) is 0. The lowest BCUT2D eigenvalue weighted by atomic mass is 10.0. The number of aromatic hydroxyl groups is 3. The predicted octanol–water partition coefficient (Wildman–Crippen LogP) is 7.72. The quantitative estimate of drug-likeness (QED) is 0.0808. The van der Waals surface area contributed by atoms with Gasteiger partial charge in [0.2, 0.25) is 0 Å². The summed E-state index contributed by atoms with van der Waals surface area (Å²) >= 11 is 5.14. The fourth-order valence-corrected chi connectivity index (χ4v) is 3.78. The SMILES string of the molecule is COC(=O)c1c(C)cc(O)c(C)c1O.O=C(Cl)Oc1ccccc1C(=O)Oc1ccccc1.O=C(O)c1ccccc1O.[c]1ccccc1. The van der Waals surface area contributed by atoms with E-state index in [0.717, 1.165) is 0 Å². The molecule has 0 bridgehead atoms. The van der Waals surface area contributed by atoms with Gasteiger partial charge in [-0.3, -0.25) is 0 Å². The van der Waals surface area contributed by atoms with Crippen LogP contribution in [0.5, 0.6) is 28.7 Å². The minimum Gasteiger partial charge on any atom is -0.508 e. The number of rotatable bonds is 5. The first-order valence-corrected chi connectivity index (χ1v) is 14.5. The van der Waals surface area contributed by atoms with E-state index in [1.54, 1.807) is 61.5 Å². The van der Waals surface area contributed by atoms with Crippen molar-refractivity contribution >= 4 is 34.9 Å². The van der Waals surface area contributed by atoms with Crippen LogP contribution in [0.2, 0.25) is 0 Å². The van der Waals surface area contributed by atoms with Crippen molar-refractivity contribution < 1.29 is 53.8 Å². The van der Waals surface area contributed by atoms with Gasteiger partial charge in [0.25, 0.3) is 0 Å². The summed E-state index contributed by atoms with van der Waals surface area (Å²) in [7, 11) is 1.24. The molecule has 0 atom stereocenters. The molecular weight excluding hydrogens is 656 g/mol. The van der Waals surface area contributed by atoms with Gasteiger partial charge in [0.1, 0.15) is 45.4 Å². The average molecular weight is 688 g/mol. The number of aromatic carboxylic acids is 1. The number of hydrogen-bond donors (Lipinski definition) is 4. The van der Waals surface area contributed by atoms with Gasteiger partial charge in [-0.1, -0.05) is 72.8 Å². The van der Waals surface area contributed by atoms with Crippen molar-refractivity contribution in [2.75, 3.05) is 7.11 Å². The Labute approximate surface area is 287 Å². The van der Waals surface area contributed by atoms with Gasteiger partial charge in [0, 0.05) is 17.2 Å². The highest BCUT2D eigenvalue weighted by molar-refractivity contribution is 6.61. The largest absolute Gasteiger partial charge is 0.508 e. The second kappa shape index (κ2) is 20.0. The summed E-state index contributed by atoms with van der Waals surface area (Å²) < 4.78 is 14.4. The van der Waals surface area contributed by atoms with Gasteiger partial charge in [0.05, 0.1) is 7.11 Å². The van der Waals surface area contributed by atoms with Crippen molar-refractivity contribution in [1.29, 1.82) is 0 Å². The maximum absolute atomic E-state index is 12.0. The van der Waals surface area contributed by atoms with Crippen LogP contribution in [0.1, 0.15) is 42.2 Å². The van der Waals surface area contributed by atoms with Crippen LogP contribution in [0.25, 0.3) is 0 Å². The molecule has 0 aliphatic carbocycles. The first-order valence-electron chi connectivity index (χ1n) is 14.1. The molecular formula is C37H32ClO11. The summed E-state index contributed by atoms with van der Waals surface area (Å²) in [5.74, 6) is -2.35. The Kier molecular flexibility index (Phi) is 15.9. The predicted molar refractivity (Wildman–Crippen MR) is 181 cm³/mol. The summed E-state index contributed by atoms with van der Waals surface area (Å²) in [4.78, 5) is 44.2. The van der Waals surface area contributed by atoms with Crippen LogP contribution in [0.3, 0.4) is 0 Å². The number of esters is 2. The topological polar surface area (TPSA) is 177 Å². The van der Waals surface area contributed by atoms with E-state index in [2.05, 4.69) is 10.8 Å². The standard InChI is InChI=1S/C14H9ClO4.C10H12O4.C7H6O3.C6H5/c15-14(17)19-12-9-5-4-8-11(12)13(16)18-10-6-2-1-3-7-10;1-5-4-7(11)6(2)9(12)8(5)10(13)14-3;8-6-4-2-1-3-5(6)7(9)10;1-2-4-6-5-3-1/h1-9H;4,11-12H,1-3H3;1-4,8H,(H,9,10);1-5H. The van der Waals surface area contributed by atoms with E-state index in [1.807, 2.05) is 30.3 Å². The van der Waals surface area contributed by atoms with E-state index in [-0.39, 0.29) is 45.3 Å². The number of methoxy groups -OCH3 is 1. The number of carbonyl (C=O) groups excluding carboxylic acids is 3. The first-order chi connectivity index (χ1) is 23.4. The summed E-state index contributed by atoms with van der Waals surface area (Å²) in [6.45, 7) is 3.14. The van der Waals surface area contributed by atoms with E-state index >= 15 is 0 Å². The van der Waals surface area contributed by atoms with E-state index in [9.17, 15) is 29.4 Å². The molecule has 0 saturated heterocycles. The Hall–Kier alpha value is -6.33. The molecule has 5 rings (SSSR count). The first kappa shape index (κ1) is 38.9. The number of ether oxygens (including phenoxy) is 3. The molecule has 0 fully saturated rings. The highest BCUT2D eigenvalue weighted by atomic mass is 35.5. The van der Waals surface area contributed by atoms with Crippen molar-refractivity contribution in [3.05, 3.63) is 149 Å². The fourth-order valence-electron chi connectivity index (χ4n) is 3.70. The molecule has 0 heterocycles. The van der Waals surface area contributed by atoms with Gasteiger partial charge in [-0.25, -0.2) is 19.2 Å². The number of para-hydroxylation sites is 3. The number of carbonyl (C=O) groups is 4. The zero-order chi connectivity index (χ0) is 36.3. The second-order valence-corrected chi connectivity index (χ2v) is 9.80. The van der Waals surface area contributed by atoms with Crippen molar-refractivity contribution in [2.45, 2.75) is 13.8 Å². The Morgan fingerprint density at radius 2 is 1.22 bits per heavy atom. The van der Waals surface area contributed by atoms with Gasteiger partial charge in [-0.15, -0.1) is 0 Å². The molecule has 0 amide bonds. The zero-order valence-corrected chi connectivity index (χ0v) is 27.3. The average Bonchev–Trinajstić information content (AvgIpc) is 3.09. The Morgan fingerprint density at radius 3 is 1.71 bits per heavy atom. The summed E-state index contributed by atoms with van der Waals surface area (Å²) in [5, 5.41) is 36.3. The van der Waals surface area contributed by atoms with E-state index in [4.69, 9.17) is 31.3 Å². The lowest BCUT2D eigenvalue weighted by Crippen LogP contribution is -2.11. The number of carboxylic acids is 1. The molecule has 0 aliphatic heterocycles. The van der Waals surface area contributed by atoms with Crippen molar-refractivity contribution in [3.8, 4) is 28.7 Å². The number of phenolic OH excluding ortho intramolecular Hbond substituents is 2. The Balaban J connectivity index is 0.000000244. The molecule has 5 aromatic rings. The highest BCUT2D eigenvalue weighted by Crippen LogP contribution is 2.32. The van der Waals surface area contributed by atoms with Crippen molar-refractivity contribution in [2.24, 2.45) is 0 Å². The number of hydrogen-bond acceptors (Lipinski definition) is 10. The molecule has 0 unspecified atom stereocenters. The lowest BCUT2D eigenvalue weighted by molar-refractivity contribution is 0.0594. The number of halogens is 1. The molecule has 49 heavy (non-hydrogen) atoms. The highest BCUT2D eigenvalue weighted by Gasteiger charge is 2.19. The van der Waals surface area contributed by atoms with Crippen LogP contribution >= 0.6 is 11.6 Å². The molecule has 12 heteroatoms. The van der Waals surface area contributed by atoms with E-state index in [1.165, 1.54) is 44.4 Å². The molecule has 253 valence electrons. The molecule has 0 saturated carbocycles. The summed E-state index contributed by atoms with van der Waals surface area (Å²) in [6, 6.07) is 34.5. The Morgan fingerprint density at radius 1 is 0.673 bits per heavy atom. The lowest BCUT2D eigenvalue weighted by Gasteiger charge is -2.10. The van der Waals surface area contributed by atoms with Crippen LogP contribution in [0.4, 0.5) is 4.79 Å². The minimum absolute atomic E-state index is 0.0346. The van der Waals surface area contributed by atoms with Crippen LogP contribution in [0, 0.1) is 19.9 Å². The van der Waals surface area contributed by atoms with E-state index < -0.39 is 23.3 Å². The monoisotopic (exact) mass is 687 g/mol. The third kappa shape index (κ3) is 12.8. The van der Waals surface area contributed by atoms with E-state index in [0.29, 0.717) is 11.3 Å². The van der Waals surface area contributed by atoms with Gasteiger partial charge in [-0.2, -0.15) is 0 Å². The third-order valence-corrected chi connectivity index (χ3v) is 6.18. The van der Waals surface area contributed by atoms with Gasteiger partial charge >= 0.3 is 23.3 Å². The molecule has 1 radical (unpaired) electrons. The maximum atomic E-state index is 12.0. The van der Waals surface area contributed by atoms with Crippen LogP contribution in [-0.2, 0) is 4.74 Å². The molecule has 0 aromatic heterocycles. The third-order valence-electron chi connectivity index (χ3n) is 6.11. The number of carboxylic acid groups (broad SMARTS) is 1. The molecule has 11 nitrogen and oxygen atoms in total. The molecule has 0 aliphatic rings. The van der Waals surface area contributed by atoms with Crippen molar-refractivity contribution in [3.63, 3.8) is 0 Å². The maximum Gasteiger partial charge on any atom is 0.409 e. The zero-order valence-electron chi connectivity index (χ0n) is 26.5. The molecule has 0 spiro atoms. The molecule has 5 aromatic carbocycles.